The summed E-state index contributed by atoms with van der Waals surface area (Å²) >= 11 is 0. The molecular weight excluding hydrogens is 240 g/mol. The summed E-state index contributed by atoms with van der Waals surface area (Å²) in [6.07, 6.45) is 2.65. The van der Waals surface area contributed by atoms with Crippen LogP contribution in [0.25, 0.3) is 0 Å². The lowest BCUT2D eigenvalue weighted by Gasteiger charge is -2.28. The highest BCUT2D eigenvalue weighted by atomic mass is 16.2. The maximum absolute atomic E-state index is 12.2. The molecule has 4 heteroatoms. The molecule has 2 atom stereocenters. The summed E-state index contributed by atoms with van der Waals surface area (Å²) in [4.78, 5) is 12.2. The van der Waals surface area contributed by atoms with Crippen LogP contribution in [-0.4, -0.2) is 30.2 Å². The van der Waals surface area contributed by atoms with E-state index in [9.17, 15) is 4.79 Å². The highest BCUT2D eigenvalue weighted by Gasteiger charge is 2.27. The van der Waals surface area contributed by atoms with Crippen LogP contribution < -0.4 is 10.6 Å². The summed E-state index contributed by atoms with van der Waals surface area (Å²) < 4.78 is 0. The molecule has 0 aromatic heterocycles. The van der Waals surface area contributed by atoms with Gasteiger partial charge in [-0.25, -0.2) is 0 Å². The molecule has 0 spiro atoms. The number of hydrogen-bond donors (Lipinski definition) is 3. The molecule has 0 bridgehead atoms. The van der Waals surface area contributed by atoms with Crippen molar-refractivity contribution in [3.8, 4) is 0 Å². The number of hydrogen-bond acceptors (Lipinski definition) is 3. The summed E-state index contributed by atoms with van der Waals surface area (Å²) in [5, 5.41) is 15.2. The third-order valence-corrected chi connectivity index (χ3v) is 3.72. The Bertz CT molecular complexity index is 417. The molecule has 3 N–H and O–H groups in total. The third-order valence-electron chi connectivity index (χ3n) is 3.72. The molecule has 1 aromatic rings. The zero-order chi connectivity index (χ0) is 13.7. The lowest BCUT2D eigenvalue weighted by Crippen LogP contribution is -2.44. The van der Waals surface area contributed by atoms with Crippen molar-refractivity contribution in [2.45, 2.75) is 32.2 Å². The molecule has 0 saturated carbocycles. The van der Waals surface area contributed by atoms with Gasteiger partial charge in [0.05, 0.1) is 5.92 Å². The van der Waals surface area contributed by atoms with Crippen molar-refractivity contribution in [1.82, 2.24) is 5.32 Å². The number of anilines is 1. The SMILES string of the molecule is CC1NCCCC1C(=O)Nc1ccc(CCO)cc1. The first-order valence-corrected chi connectivity index (χ1v) is 6.95. The quantitative estimate of drug-likeness (QED) is 0.771. The van der Waals surface area contributed by atoms with Gasteiger partial charge in [-0.1, -0.05) is 12.1 Å². The van der Waals surface area contributed by atoms with Crippen LogP contribution in [0.5, 0.6) is 0 Å². The van der Waals surface area contributed by atoms with Gasteiger partial charge in [-0.15, -0.1) is 0 Å². The second-order valence-electron chi connectivity index (χ2n) is 5.15. The molecule has 1 fully saturated rings. The molecule has 0 radical (unpaired) electrons. The van der Waals surface area contributed by atoms with Crippen LogP contribution >= 0.6 is 0 Å². The van der Waals surface area contributed by atoms with Crippen LogP contribution in [0.15, 0.2) is 24.3 Å². The van der Waals surface area contributed by atoms with Gasteiger partial charge in [0, 0.05) is 18.3 Å². The van der Waals surface area contributed by atoms with Gasteiger partial charge in [0.15, 0.2) is 0 Å². The first-order chi connectivity index (χ1) is 9.20. The standard InChI is InChI=1S/C15H22N2O2/c1-11-14(3-2-9-16-11)15(19)17-13-6-4-12(5-7-13)8-10-18/h4-7,11,14,16,18H,2-3,8-10H2,1H3,(H,17,19). The molecule has 2 rings (SSSR count). The van der Waals surface area contributed by atoms with Gasteiger partial charge in [0.2, 0.25) is 5.91 Å². The molecule has 104 valence electrons. The fourth-order valence-electron chi connectivity index (χ4n) is 2.52. The van der Waals surface area contributed by atoms with E-state index in [0.29, 0.717) is 6.42 Å². The summed E-state index contributed by atoms with van der Waals surface area (Å²) in [5.41, 5.74) is 1.90. The van der Waals surface area contributed by atoms with Crippen molar-refractivity contribution in [2.24, 2.45) is 5.92 Å². The number of benzene rings is 1. The second-order valence-corrected chi connectivity index (χ2v) is 5.15. The Hall–Kier alpha value is -1.39. The predicted molar refractivity (Wildman–Crippen MR) is 76.1 cm³/mol. The first kappa shape index (κ1) is 14.0. The van der Waals surface area contributed by atoms with Gasteiger partial charge in [0.1, 0.15) is 0 Å². The average Bonchev–Trinajstić information content (AvgIpc) is 2.42. The zero-order valence-corrected chi connectivity index (χ0v) is 11.4. The van der Waals surface area contributed by atoms with E-state index in [-0.39, 0.29) is 24.5 Å². The molecule has 1 amide bonds. The van der Waals surface area contributed by atoms with Gasteiger partial charge in [-0.05, 0) is 50.4 Å². The van der Waals surface area contributed by atoms with Crippen LogP contribution in [0, 0.1) is 5.92 Å². The smallest absolute Gasteiger partial charge is 0.229 e. The Balaban J connectivity index is 1.94. The van der Waals surface area contributed by atoms with Crippen LogP contribution in [0.4, 0.5) is 5.69 Å². The van der Waals surface area contributed by atoms with Gasteiger partial charge in [0.25, 0.3) is 0 Å². The van der Waals surface area contributed by atoms with Crippen molar-refractivity contribution in [3.05, 3.63) is 29.8 Å². The van der Waals surface area contributed by atoms with Crippen molar-refractivity contribution in [1.29, 1.82) is 0 Å². The van der Waals surface area contributed by atoms with E-state index in [1.54, 1.807) is 0 Å². The van der Waals surface area contributed by atoms with Gasteiger partial charge in [-0.3, -0.25) is 4.79 Å². The maximum atomic E-state index is 12.2. The van der Waals surface area contributed by atoms with Crippen LogP contribution in [0.1, 0.15) is 25.3 Å². The number of aliphatic hydroxyl groups excluding tert-OH is 1. The Morgan fingerprint density at radius 2 is 2.16 bits per heavy atom. The lowest BCUT2D eigenvalue weighted by atomic mass is 9.91. The maximum Gasteiger partial charge on any atom is 0.229 e. The van der Waals surface area contributed by atoms with E-state index in [4.69, 9.17) is 5.11 Å². The monoisotopic (exact) mass is 262 g/mol. The molecule has 1 heterocycles. The van der Waals surface area contributed by atoms with Crippen LogP contribution in [-0.2, 0) is 11.2 Å². The predicted octanol–water partition coefficient (Wildman–Crippen LogP) is 1.55. The summed E-state index contributed by atoms with van der Waals surface area (Å²) in [6.45, 7) is 3.21. The molecular formula is C15H22N2O2. The Morgan fingerprint density at radius 3 is 2.79 bits per heavy atom. The number of carbonyl (C=O) groups is 1. The minimum absolute atomic E-state index is 0.0471. The van der Waals surface area contributed by atoms with E-state index < -0.39 is 0 Å². The topological polar surface area (TPSA) is 61.4 Å². The fourth-order valence-corrected chi connectivity index (χ4v) is 2.52. The number of rotatable bonds is 4. The summed E-state index contributed by atoms with van der Waals surface area (Å²) in [7, 11) is 0. The normalized spacial score (nSPS) is 23.1. The lowest BCUT2D eigenvalue weighted by molar-refractivity contribution is -0.121. The molecule has 19 heavy (non-hydrogen) atoms. The van der Waals surface area contributed by atoms with Crippen LogP contribution in [0.2, 0.25) is 0 Å². The van der Waals surface area contributed by atoms with Crippen molar-refractivity contribution in [3.63, 3.8) is 0 Å². The average molecular weight is 262 g/mol. The molecule has 1 aliphatic heterocycles. The molecule has 4 nitrogen and oxygen atoms in total. The number of nitrogens with one attached hydrogen (secondary N) is 2. The highest BCUT2D eigenvalue weighted by molar-refractivity contribution is 5.93. The Kier molecular flexibility index (Phi) is 4.93. The fraction of sp³-hybridized carbons (Fsp3) is 0.533. The minimum atomic E-state index is 0.0471. The largest absolute Gasteiger partial charge is 0.396 e. The van der Waals surface area contributed by atoms with Crippen LogP contribution in [0.3, 0.4) is 0 Å². The molecule has 0 aliphatic carbocycles. The Morgan fingerprint density at radius 1 is 1.42 bits per heavy atom. The van der Waals surface area contributed by atoms with Gasteiger partial charge in [-0.2, -0.15) is 0 Å². The highest BCUT2D eigenvalue weighted by Crippen LogP contribution is 2.19. The van der Waals surface area contributed by atoms with E-state index in [1.165, 1.54) is 0 Å². The third kappa shape index (κ3) is 3.78. The van der Waals surface area contributed by atoms with E-state index in [0.717, 1.165) is 30.6 Å². The van der Waals surface area contributed by atoms with Crippen molar-refractivity contribution >= 4 is 11.6 Å². The molecule has 1 aliphatic rings. The van der Waals surface area contributed by atoms with E-state index >= 15 is 0 Å². The Labute approximate surface area is 114 Å². The minimum Gasteiger partial charge on any atom is -0.396 e. The molecule has 2 unspecified atom stereocenters. The number of amides is 1. The summed E-state index contributed by atoms with van der Waals surface area (Å²) in [6, 6.07) is 7.90. The number of carbonyl (C=O) groups excluding carboxylic acids is 1. The van der Waals surface area contributed by atoms with E-state index in [2.05, 4.69) is 17.6 Å². The summed E-state index contributed by atoms with van der Waals surface area (Å²) in [5.74, 6) is 0.139. The van der Waals surface area contributed by atoms with Crippen molar-refractivity contribution in [2.75, 3.05) is 18.5 Å². The van der Waals surface area contributed by atoms with Gasteiger partial charge >= 0.3 is 0 Å². The number of piperidine rings is 1. The second kappa shape index (κ2) is 6.68. The molecule has 1 aromatic carbocycles. The number of aliphatic hydroxyl groups is 1. The molecule has 1 saturated heterocycles. The zero-order valence-electron chi connectivity index (χ0n) is 11.4. The first-order valence-electron chi connectivity index (χ1n) is 6.95. The van der Waals surface area contributed by atoms with Gasteiger partial charge < -0.3 is 15.7 Å². The van der Waals surface area contributed by atoms with Crippen molar-refractivity contribution < 1.29 is 9.90 Å². The van der Waals surface area contributed by atoms with E-state index in [1.807, 2.05) is 24.3 Å².